The third-order valence-corrected chi connectivity index (χ3v) is 3.67. The summed E-state index contributed by atoms with van der Waals surface area (Å²) < 4.78 is 11.8. The normalized spacial score (nSPS) is 11.1. The number of benzene rings is 1. The van der Waals surface area contributed by atoms with Crippen LogP contribution in [0.15, 0.2) is 28.7 Å². The Balaban J connectivity index is 2.00. The van der Waals surface area contributed by atoms with Crippen LogP contribution in [0.4, 0.5) is 0 Å². The molecule has 0 spiro atoms. The van der Waals surface area contributed by atoms with Crippen molar-refractivity contribution in [3.63, 3.8) is 0 Å². The van der Waals surface area contributed by atoms with Crippen molar-refractivity contribution in [2.75, 3.05) is 0 Å². The summed E-state index contributed by atoms with van der Waals surface area (Å²) in [4.78, 5) is 0. The van der Waals surface area contributed by atoms with Gasteiger partial charge in [0.2, 0.25) is 0 Å². The first-order valence-electron chi connectivity index (χ1n) is 7.48. The molecule has 2 aromatic rings. The Bertz CT molecular complexity index is 599. The van der Waals surface area contributed by atoms with E-state index in [4.69, 9.17) is 9.15 Å². The third kappa shape index (κ3) is 4.11. The molecule has 3 heteroatoms. The van der Waals surface area contributed by atoms with E-state index < -0.39 is 0 Å². The van der Waals surface area contributed by atoms with Gasteiger partial charge in [-0.3, -0.25) is 0 Å². The third-order valence-electron chi connectivity index (χ3n) is 3.67. The van der Waals surface area contributed by atoms with Crippen LogP contribution >= 0.6 is 0 Å². The number of nitrogens with one attached hydrogen (secondary N) is 1. The average Bonchev–Trinajstić information content (AvgIpc) is 2.78. The molecule has 0 saturated carbocycles. The van der Waals surface area contributed by atoms with Gasteiger partial charge in [0.1, 0.15) is 23.9 Å². The monoisotopic (exact) mass is 287 g/mol. The van der Waals surface area contributed by atoms with Gasteiger partial charge in [0.15, 0.2) is 0 Å². The number of furan rings is 1. The molecule has 1 aromatic heterocycles. The quantitative estimate of drug-likeness (QED) is 0.861. The van der Waals surface area contributed by atoms with Gasteiger partial charge >= 0.3 is 0 Å². The molecule has 0 radical (unpaired) electrons. The van der Waals surface area contributed by atoms with Crippen LogP contribution < -0.4 is 10.1 Å². The van der Waals surface area contributed by atoms with Crippen molar-refractivity contribution < 1.29 is 9.15 Å². The Kier molecular flexibility index (Phi) is 5.07. The van der Waals surface area contributed by atoms with Crippen molar-refractivity contribution in [1.82, 2.24) is 5.32 Å². The highest BCUT2D eigenvalue weighted by Gasteiger charge is 2.09. The zero-order chi connectivity index (χ0) is 15.4. The lowest BCUT2D eigenvalue weighted by molar-refractivity contribution is 0.263. The largest absolute Gasteiger partial charge is 0.485 e. The van der Waals surface area contributed by atoms with E-state index in [0.29, 0.717) is 12.6 Å². The van der Waals surface area contributed by atoms with Crippen LogP contribution in [0, 0.1) is 20.8 Å². The Hall–Kier alpha value is -1.74. The number of rotatable bonds is 6. The van der Waals surface area contributed by atoms with Crippen LogP contribution in [0.1, 0.15) is 42.1 Å². The second-order valence-corrected chi connectivity index (χ2v) is 5.84. The van der Waals surface area contributed by atoms with Gasteiger partial charge in [-0.25, -0.2) is 0 Å². The number of aryl methyl sites for hydroxylation is 2. The second kappa shape index (κ2) is 6.81. The van der Waals surface area contributed by atoms with Crippen LogP contribution in [-0.2, 0) is 13.2 Å². The van der Waals surface area contributed by atoms with Gasteiger partial charge in [0.25, 0.3) is 0 Å². The minimum absolute atomic E-state index is 0.448. The molecule has 21 heavy (non-hydrogen) atoms. The first kappa shape index (κ1) is 15.6. The van der Waals surface area contributed by atoms with E-state index in [1.807, 2.05) is 12.1 Å². The first-order valence-corrected chi connectivity index (χ1v) is 7.48. The second-order valence-electron chi connectivity index (χ2n) is 5.84. The van der Waals surface area contributed by atoms with E-state index in [2.05, 4.69) is 52.1 Å². The van der Waals surface area contributed by atoms with Gasteiger partial charge in [0, 0.05) is 6.04 Å². The molecule has 0 aliphatic carbocycles. The molecule has 2 rings (SSSR count). The summed E-state index contributed by atoms with van der Waals surface area (Å²) in [6.45, 7) is 11.7. The molecule has 0 aliphatic rings. The van der Waals surface area contributed by atoms with Crippen LogP contribution in [0.3, 0.4) is 0 Å². The molecule has 1 heterocycles. The zero-order valence-corrected chi connectivity index (χ0v) is 13.6. The van der Waals surface area contributed by atoms with Gasteiger partial charge < -0.3 is 14.5 Å². The van der Waals surface area contributed by atoms with Crippen LogP contribution in [0.2, 0.25) is 0 Å². The van der Waals surface area contributed by atoms with E-state index in [0.717, 1.165) is 23.8 Å². The van der Waals surface area contributed by atoms with Crippen LogP contribution in [0.25, 0.3) is 0 Å². The van der Waals surface area contributed by atoms with Gasteiger partial charge in [-0.15, -0.1) is 0 Å². The lowest BCUT2D eigenvalue weighted by atomic mass is 10.1. The van der Waals surface area contributed by atoms with Crippen molar-refractivity contribution in [2.24, 2.45) is 0 Å². The van der Waals surface area contributed by atoms with Crippen LogP contribution in [0.5, 0.6) is 5.75 Å². The Morgan fingerprint density at radius 2 is 1.90 bits per heavy atom. The highest BCUT2D eigenvalue weighted by molar-refractivity contribution is 5.38. The fourth-order valence-corrected chi connectivity index (χ4v) is 2.16. The molecule has 114 valence electrons. The van der Waals surface area contributed by atoms with E-state index in [9.17, 15) is 0 Å². The predicted molar refractivity (Wildman–Crippen MR) is 85.7 cm³/mol. The maximum Gasteiger partial charge on any atom is 0.146 e. The summed E-state index contributed by atoms with van der Waals surface area (Å²) in [5.74, 6) is 2.78. The Morgan fingerprint density at radius 3 is 2.62 bits per heavy atom. The predicted octanol–water partition coefficient (Wildman–Crippen LogP) is 4.28. The van der Waals surface area contributed by atoms with Crippen molar-refractivity contribution in [2.45, 2.75) is 53.8 Å². The molecule has 0 saturated heterocycles. The maximum atomic E-state index is 5.88. The fourth-order valence-electron chi connectivity index (χ4n) is 2.16. The highest BCUT2D eigenvalue weighted by Crippen LogP contribution is 2.23. The minimum atomic E-state index is 0.448. The molecule has 0 amide bonds. The number of hydrogen-bond donors (Lipinski definition) is 1. The summed E-state index contributed by atoms with van der Waals surface area (Å²) in [6.07, 6.45) is 0. The number of hydrogen-bond acceptors (Lipinski definition) is 3. The molecule has 3 nitrogen and oxygen atoms in total. The summed E-state index contributed by atoms with van der Waals surface area (Å²) in [5, 5.41) is 3.37. The molecule has 1 aromatic carbocycles. The molecule has 0 bridgehead atoms. The first-order chi connectivity index (χ1) is 9.97. The Morgan fingerprint density at radius 1 is 1.14 bits per heavy atom. The minimum Gasteiger partial charge on any atom is -0.485 e. The van der Waals surface area contributed by atoms with E-state index >= 15 is 0 Å². The molecule has 1 N–H and O–H groups in total. The Labute approximate surface area is 127 Å². The highest BCUT2D eigenvalue weighted by atomic mass is 16.5. The van der Waals surface area contributed by atoms with Gasteiger partial charge in [-0.1, -0.05) is 26.0 Å². The van der Waals surface area contributed by atoms with Gasteiger partial charge in [-0.05, 0) is 49.6 Å². The lowest BCUT2D eigenvalue weighted by Gasteiger charge is -2.09. The molecular weight excluding hydrogens is 262 g/mol. The maximum absolute atomic E-state index is 5.88. The number of ether oxygens (including phenoxy) is 1. The summed E-state index contributed by atoms with van der Waals surface area (Å²) >= 11 is 0. The van der Waals surface area contributed by atoms with E-state index in [1.54, 1.807) is 0 Å². The molecule has 0 fully saturated rings. The molecule has 0 unspecified atom stereocenters. The van der Waals surface area contributed by atoms with E-state index in [-0.39, 0.29) is 0 Å². The van der Waals surface area contributed by atoms with Crippen molar-refractivity contribution in [1.29, 1.82) is 0 Å². The topological polar surface area (TPSA) is 34.4 Å². The molecular formula is C18H25NO2. The van der Waals surface area contributed by atoms with Crippen molar-refractivity contribution >= 4 is 0 Å². The smallest absolute Gasteiger partial charge is 0.146 e. The van der Waals surface area contributed by atoms with Crippen molar-refractivity contribution in [3.8, 4) is 5.75 Å². The van der Waals surface area contributed by atoms with Crippen molar-refractivity contribution in [3.05, 3.63) is 52.5 Å². The molecule has 0 atom stereocenters. The fraction of sp³-hybridized carbons (Fsp3) is 0.444. The average molecular weight is 287 g/mol. The van der Waals surface area contributed by atoms with Gasteiger partial charge in [-0.2, -0.15) is 0 Å². The summed E-state index contributed by atoms with van der Waals surface area (Å²) in [5.41, 5.74) is 3.59. The van der Waals surface area contributed by atoms with E-state index in [1.165, 1.54) is 16.7 Å². The zero-order valence-electron chi connectivity index (χ0n) is 13.6. The lowest BCUT2D eigenvalue weighted by Crippen LogP contribution is -2.21. The standard InChI is InChI=1S/C18H25NO2/c1-12(2)19-10-18-14(4)9-16(21-18)11-20-17-8-6-7-13(3)15(17)5/h6-9,12,19H,10-11H2,1-5H3. The SMILES string of the molecule is Cc1cc(COc2cccc(C)c2C)oc1CNC(C)C. The van der Waals surface area contributed by atoms with Gasteiger partial charge in [0.05, 0.1) is 6.54 Å². The van der Waals surface area contributed by atoms with Crippen LogP contribution in [-0.4, -0.2) is 6.04 Å². The molecule has 0 aliphatic heterocycles. The summed E-state index contributed by atoms with van der Waals surface area (Å²) in [7, 11) is 0. The summed E-state index contributed by atoms with van der Waals surface area (Å²) in [6, 6.07) is 8.61.